The Morgan fingerprint density at radius 1 is 1.26 bits per heavy atom. The van der Waals surface area contributed by atoms with Crippen molar-refractivity contribution < 1.29 is 4.79 Å². The SMILES string of the molecule is CC[C@H]1C[C@@H]2CN(C(=O)c3cn(C)c4ccccc34)[C@H](C1)[C@@H]2C. The number of nitrogens with zero attached hydrogens (tertiary/aromatic N) is 2. The molecule has 1 amide bonds. The number of fused-ring (bicyclic) bond motifs is 3. The van der Waals surface area contributed by atoms with Crippen molar-refractivity contribution >= 4 is 16.8 Å². The Kier molecular flexibility index (Phi) is 3.47. The third-order valence-corrected chi connectivity index (χ3v) is 6.36. The van der Waals surface area contributed by atoms with Crippen LogP contribution in [0.1, 0.15) is 43.5 Å². The minimum absolute atomic E-state index is 0.234. The van der Waals surface area contributed by atoms with Gasteiger partial charge < -0.3 is 9.47 Å². The number of hydrogen-bond donors (Lipinski definition) is 0. The summed E-state index contributed by atoms with van der Waals surface area (Å²) in [4.78, 5) is 15.5. The number of amides is 1. The van der Waals surface area contributed by atoms with E-state index in [1.807, 2.05) is 25.4 Å². The van der Waals surface area contributed by atoms with Gasteiger partial charge in [-0.2, -0.15) is 0 Å². The van der Waals surface area contributed by atoms with Crippen molar-refractivity contribution in [1.82, 2.24) is 9.47 Å². The standard InChI is InChI=1S/C20H26N2O/c1-4-14-9-15-11-22(19(10-14)13(15)2)20(23)17-12-21(3)18-8-6-5-7-16(17)18/h5-8,12-15,19H,4,9-11H2,1-3H3/t13-,14+,15-,19-/m1/s1. The van der Waals surface area contributed by atoms with E-state index in [0.717, 1.165) is 28.9 Å². The normalized spacial score (nSPS) is 30.1. The third kappa shape index (κ3) is 2.20. The van der Waals surface area contributed by atoms with Crippen molar-refractivity contribution in [2.24, 2.45) is 24.8 Å². The van der Waals surface area contributed by atoms with Gasteiger partial charge in [-0.3, -0.25) is 4.79 Å². The first-order chi connectivity index (χ1) is 11.1. The number of para-hydroxylation sites is 1. The molecule has 1 aromatic carbocycles. The molecule has 2 aromatic rings. The number of aromatic nitrogens is 1. The summed E-state index contributed by atoms with van der Waals surface area (Å²) in [5.74, 6) is 2.37. The topological polar surface area (TPSA) is 25.2 Å². The molecule has 23 heavy (non-hydrogen) atoms. The molecule has 3 heteroatoms. The zero-order valence-corrected chi connectivity index (χ0v) is 14.3. The first-order valence-electron chi connectivity index (χ1n) is 8.95. The molecule has 0 unspecified atom stereocenters. The molecule has 0 radical (unpaired) electrons. The highest BCUT2D eigenvalue weighted by molar-refractivity contribution is 6.07. The molecule has 1 aromatic heterocycles. The van der Waals surface area contributed by atoms with Crippen LogP contribution in [0.3, 0.4) is 0 Å². The highest BCUT2D eigenvalue weighted by atomic mass is 16.2. The van der Waals surface area contributed by atoms with Crippen molar-refractivity contribution in [3.63, 3.8) is 0 Å². The minimum atomic E-state index is 0.234. The van der Waals surface area contributed by atoms with E-state index in [4.69, 9.17) is 0 Å². The number of hydrogen-bond acceptors (Lipinski definition) is 1. The van der Waals surface area contributed by atoms with Gasteiger partial charge in [-0.25, -0.2) is 0 Å². The first-order valence-corrected chi connectivity index (χ1v) is 8.95. The van der Waals surface area contributed by atoms with Gasteiger partial charge in [-0.1, -0.05) is 38.5 Å². The van der Waals surface area contributed by atoms with Crippen LogP contribution in [-0.4, -0.2) is 28.0 Å². The monoisotopic (exact) mass is 310 g/mol. The van der Waals surface area contributed by atoms with E-state index in [0.29, 0.717) is 17.9 Å². The molecule has 122 valence electrons. The fourth-order valence-electron chi connectivity index (χ4n) is 4.88. The Morgan fingerprint density at radius 3 is 2.83 bits per heavy atom. The van der Waals surface area contributed by atoms with E-state index in [-0.39, 0.29) is 5.91 Å². The third-order valence-electron chi connectivity index (χ3n) is 6.36. The van der Waals surface area contributed by atoms with Crippen LogP contribution in [0.4, 0.5) is 0 Å². The number of rotatable bonds is 2. The summed E-state index contributed by atoms with van der Waals surface area (Å²) in [6.45, 7) is 5.58. The van der Waals surface area contributed by atoms with Gasteiger partial charge in [0.1, 0.15) is 0 Å². The van der Waals surface area contributed by atoms with Crippen molar-refractivity contribution in [3.05, 3.63) is 36.0 Å². The summed E-state index contributed by atoms with van der Waals surface area (Å²) < 4.78 is 2.07. The fraction of sp³-hybridized carbons (Fsp3) is 0.550. The maximum Gasteiger partial charge on any atom is 0.256 e. The lowest BCUT2D eigenvalue weighted by atomic mass is 9.74. The number of benzene rings is 1. The second-order valence-corrected chi connectivity index (χ2v) is 7.56. The Bertz CT molecular complexity index is 747. The van der Waals surface area contributed by atoms with Crippen LogP contribution < -0.4 is 0 Å². The highest BCUT2D eigenvalue weighted by Gasteiger charge is 2.46. The molecule has 1 saturated heterocycles. The molecule has 1 aliphatic carbocycles. The molecule has 2 aliphatic rings. The van der Waals surface area contributed by atoms with E-state index in [1.54, 1.807) is 0 Å². The van der Waals surface area contributed by atoms with Gasteiger partial charge in [0.25, 0.3) is 5.91 Å². The van der Waals surface area contributed by atoms with E-state index >= 15 is 0 Å². The van der Waals surface area contributed by atoms with Gasteiger partial charge in [0.2, 0.25) is 0 Å². The highest BCUT2D eigenvalue weighted by Crippen LogP contribution is 2.44. The summed E-state index contributed by atoms with van der Waals surface area (Å²) in [5.41, 5.74) is 2.01. The molecule has 0 spiro atoms. The van der Waals surface area contributed by atoms with Crippen LogP contribution in [0.15, 0.2) is 30.5 Å². The van der Waals surface area contributed by atoms with Gasteiger partial charge >= 0.3 is 0 Å². The maximum absolute atomic E-state index is 13.3. The largest absolute Gasteiger partial charge is 0.350 e. The Morgan fingerprint density at radius 2 is 2.04 bits per heavy atom. The molecule has 3 nitrogen and oxygen atoms in total. The summed E-state index contributed by atoms with van der Waals surface area (Å²) in [7, 11) is 2.03. The lowest BCUT2D eigenvalue weighted by Gasteiger charge is -2.33. The van der Waals surface area contributed by atoms with Gasteiger partial charge in [0, 0.05) is 36.7 Å². The first kappa shape index (κ1) is 14.8. The average molecular weight is 310 g/mol. The average Bonchev–Trinajstić information content (AvgIpc) is 2.97. The van der Waals surface area contributed by atoms with E-state index in [1.165, 1.54) is 19.3 Å². The molecule has 2 fully saturated rings. The number of carbonyl (C=O) groups excluding carboxylic acids is 1. The summed E-state index contributed by atoms with van der Waals surface area (Å²) in [6.07, 6.45) is 5.74. The Balaban J connectivity index is 1.69. The minimum Gasteiger partial charge on any atom is -0.350 e. The number of aryl methyl sites for hydroxylation is 1. The van der Waals surface area contributed by atoms with Crippen molar-refractivity contribution in [3.8, 4) is 0 Å². The van der Waals surface area contributed by atoms with E-state index < -0.39 is 0 Å². The Hall–Kier alpha value is -1.77. The summed E-state index contributed by atoms with van der Waals surface area (Å²) in [5, 5.41) is 1.08. The van der Waals surface area contributed by atoms with Crippen molar-refractivity contribution in [2.45, 2.75) is 39.2 Å². The number of carbonyl (C=O) groups is 1. The molecular formula is C20H26N2O. The van der Waals surface area contributed by atoms with Gasteiger partial charge in [-0.05, 0) is 36.7 Å². The molecular weight excluding hydrogens is 284 g/mol. The molecule has 1 saturated carbocycles. The maximum atomic E-state index is 13.3. The molecule has 2 bridgehead atoms. The van der Waals surface area contributed by atoms with E-state index in [9.17, 15) is 4.79 Å². The summed E-state index contributed by atoms with van der Waals surface area (Å²) in [6, 6.07) is 8.66. The zero-order valence-electron chi connectivity index (χ0n) is 14.3. The van der Waals surface area contributed by atoms with Crippen molar-refractivity contribution in [1.29, 1.82) is 0 Å². The second kappa shape index (κ2) is 5.40. The quantitative estimate of drug-likeness (QED) is 0.820. The van der Waals surface area contributed by atoms with Gasteiger partial charge in [-0.15, -0.1) is 0 Å². The molecule has 0 N–H and O–H groups in total. The molecule has 4 atom stereocenters. The molecule has 2 heterocycles. The lowest BCUT2D eigenvalue weighted by molar-refractivity contribution is 0.0700. The lowest BCUT2D eigenvalue weighted by Crippen LogP contribution is -2.39. The van der Waals surface area contributed by atoms with Gasteiger partial charge in [0.15, 0.2) is 0 Å². The van der Waals surface area contributed by atoms with Gasteiger partial charge in [0.05, 0.1) is 5.56 Å². The van der Waals surface area contributed by atoms with E-state index in [2.05, 4.69) is 35.4 Å². The van der Waals surface area contributed by atoms with Crippen LogP contribution >= 0.6 is 0 Å². The smallest absolute Gasteiger partial charge is 0.256 e. The predicted molar refractivity (Wildman–Crippen MR) is 93.4 cm³/mol. The van der Waals surface area contributed by atoms with Crippen molar-refractivity contribution in [2.75, 3.05) is 6.54 Å². The van der Waals surface area contributed by atoms with Crippen LogP contribution in [0.2, 0.25) is 0 Å². The van der Waals surface area contributed by atoms with Crippen LogP contribution in [0.25, 0.3) is 10.9 Å². The van der Waals surface area contributed by atoms with Crippen LogP contribution in [0.5, 0.6) is 0 Å². The Labute approximate surface area is 138 Å². The predicted octanol–water partition coefficient (Wildman–Crippen LogP) is 4.08. The second-order valence-electron chi connectivity index (χ2n) is 7.56. The zero-order chi connectivity index (χ0) is 16.1. The molecule has 1 aliphatic heterocycles. The van der Waals surface area contributed by atoms with Crippen LogP contribution in [-0.2, 0) is 7.05 Å². The van der Waals surface area contributed by atoms with Crippen LogP contribution in [0, 0.1) is 17.8 Å². The molecule has 4 rings (SSSR count). The number of likely N-dealkylation sites (tertiary alicyclic amines) is 1. The summed E-state index contributed by atoms with van der Waals surface area (Å²) >= 11 is 0. The fourth-order valence-corrected chi connectivity index (χ4v) is 4.88.